The maximum atomic E-state index is 13.7. The average molecular weight is 304 g/mol. The molecule has 1 aromatic rings. The van der Waals surface area contributed by atoms with Gasteiger partial charge in [-0.25, -0.2) is 4.39 Å². The lowest BCUT2D eigenvalue weighted by Crippen LogP contribution is -2.25. The van der Waals surface area contributed by atoms with Crippen molar-refractivity contribution in [3.05, 3.63) is 34.1 Å². The minimum Gasteiger partial charge on any atom is -0.379 e. The Hall–Kier alpha value is -0.450. The molecule has 1 unspecified atom stereocenters. The zero-order valence-corrected chi connectivity index (χ0v) is 12.1. The molecule has 0 saturated carbocycles. The third-order valence-corrected chi connectivity index (χ3v) is 3.67. The summed E-state index contributed by atoms with van der Waals surface area (Å²) in [7, 11) is 1.67. The van der Waals surface area contributed by atoms with E-state index in [4.69, 9.17) is 10.5 Å². The summed E-state index contributed by atoms with van der Waals surface area (Å²) in [5, 5.41) is 0. The fourth-order valence-corrected chi connectivity index (χ4v) is 2.25. The highest BCUT2D eigenvalue weighted by atomic mass is 79.9. The summed E-state index contributed by atoms with van der Waals surface area (Å²) >= 11 is 3.33. The van der Waals surface area contributed by atoms with Crippen LogP contribution in [0, 0.1) is 5.82 Å². The highest BCUT2D eigenvalue weighted by molar-refractivity contribution is 9.10. The van der Waals surface area contributed by atoms with E-state index in [1.807, 2.05) is 13.8 Å². The molecule has 2 nitrogen and oxygen atoms in total. The fraction of sp³-hybridized carbons (Fsp3) is 0.538. The Bertz CT molecular complexity index is 361. The molecule has 0 radical (unpaired) electrons. The number of rotatable bonds is 5. The van der Waals surface area contributed by atoms with Gasteiger partial charge in [-0.2, -0.15) is 0 Å². The number of nitrogens with two attached hydrogens (primary N) is 1. The van der Waals surface area contributed by atoms with Crippen LogP contribution in [-0.4, -0.2) is 12.7 Å². The van der Waals surface area contributed by atoms with Crippen LogP contribution < -0.4 is 5.73 Å². The number of hydrogen-bond acceptors (Lipinski definition) is 2. The predicted octanol–water partition coefficient (Wildman–Crippen LogP) is 3.79. The third kappa shape index (κ3) is 4.05. The summed E-state index contributed by atoms with van der Waals surface area (Å²) in [5.74, 6) is -0.262. The second-order valence-electron chi connectivity index (χ2n) is 4.74. The lowest BCUT2D eigenvalue weighted by molar-refractivity contribution is 0.0124. The number of halogens is 2. The Morgan fingerprint density at radius 2 is 2.12 bits per heavy atom. The van der Waals surface area contributed by atoms with Crippen molar-refractivity contribution in [3.63, 3.8) is 0 Å². The van der Waals surface area contributed by atoms with Crippen molar-refractivity contribution < 1.29 is 9.13 Å². The highest BCUT2D eigenvalue weighted by Gasteiger charge is 2.21. The van der Waals surface area contributed by atoms with Gasteiger partial charge in [0, 0.05) is 23.2 Å². The third-order valence-electron chi connectivity index (χ3n) is 2.98. The average Bonchev–Trinajstić information content (AvgIpc) is 2.26. The Morgan fingerprint density at radius 1 is 1.47 bits per heavy atom. The van der Waals surface area contributed by atoms with Crippen molar-refractivity contribution in [2.45, 2.75) is 38.3 Å². The molecule has 0 bridgehead atoms. The van der Waals surface area contributed by atoms with E-state index in [9.17, 15) is 4.39 Å². The van der Waals surface area contributed by atoms with E-state index < -0.39 is 0 Å². The Kier molecular flexibility index (Phi) is 5.10. The summed E-state index contributed by atoms with van der Waals surface area (Å²) in [4.78, 5) is 0. The van der Waals surface area contributed by atoms with E-state index in [-0.39, 0.29) is 17.5 Å². The first-order chi connectivity index (χ1) is 7.87. The molecule has 0 aliphatic rings. The van der Waals surface area contributed by atoms with Gasteiger partial charge in [0.2, 0.25) is 0 Å². The van der Waals surface area contributed by atoms with Crippen molar-refractivity contribution in [2.24, 2.45) is 5.73 Å². The topological polar surface area (TPSA) is 35.2 Å². The standard InChI is InChI=1S/C13H19BrFNO/c1-13(2,17-3)8-7-11(16)12-9(14)5-4-6-10(12)15/h4-6,11H,7-8,16H2,1-3H3. The first-order valence-electron chi connectivity index (χ1n) is 5.62. The number of benzene rings is 1. The molecule has 17 heavy (non-hydrogen) atoms. The first kappa shape index (κ1) is 14.6. The molecule has 1 rings (SSSR count). The van der Waals surface area contributed by atoms with E-state index in [1.165, 1.54) is 6.07 Å². The normalized spacial score (nSPS) is 13.8. The summed E-state index contributed by atoms with van der Waals surface area (Å²) < 4.78 is 19.7. The molecule has 0 aliphatic heterocycles. The van der Waals surface area contributed by atoms with Crippen LogP contribution in [0.2, 0.25) is 0 Å². The van der Waals surface area contributed by atoms with Gasteiger partial charge in [0.05, 0.1) is 5.60 Å². The second-order valence-corrected chi connectivity index (χ2v) is 5.60. The van der Waals surface area contributed by atoms with Gasteiger partial charge in [0.15, 0.2) is 0 Å². The van der Waals surface area contributed by atoms with Crippen LogP contribution in [0.15, 0.2) is 22.7 Å². The van der Waals surface area contributed by atoms with Crippen LogP contribution in [0.25, 0.3) is 0 Å². The number of ether oxygens (including phenoxy) is 1. The van der Waals surface area contributed by atoms with E-state index in [0.29, 0.717) is 12.0 Å². The lowest BCUT2D eigenvalue weighted by atomic mass is 9.95. The Labute approximate surface area is 110 Å². The van der Waals surface area contributed by atoms with Crippen molar-refractivity contribution >= 4 is 15.9 Å². The minimum absolute atomic E-state index is 0.227. The van der Waals surface area contributed by atoms with Crippen LogP contribution in [0.5, 0.6) is 0 Å². The molecule has 0 spiro atoms. The molecule has 0 amide bonds. The molecular formula is C13H19BrFNO. The van der Waals surface area contributed by atoms with Gasteiger partial charge >= 0.3 is 0 Å². The van der Waals surface area contributed by atoms with Crippen molar-refractivity contribution in [2.75, 3.05) is 7.11 Å². The quantitative estimate of drug-likeness (QED) is 0.898. The number of methoxy groups -OCH3 is 1. The molecule has 0 aliphatic carbocycles. The summed E-state index contributed by atoms with van der Waals surface area (Å²) in [6.45, 7) is 3.99. The van der Waals surface area contributed by atoms with Gasteiger partial charge in [-0.15, -0.1) is 0 Å². The van der Waals surface area contributed by atoms with E-state index in [2.05, 4.69) is 15.9 Å². The van der Waals surface area contributed by atoms with Crippen molar-refractivity contribution in [1.29, 1.82) is 0 Å². The molecule has 0 aromatic heterocycles. The summed E-state index contributed by atoms with van der Waals surface area (Å²) in [5.41, 5.74) is 6.35. The molecule has 0 heterocycles. The molecule has 0 fully saturated rings. The van der Waals surface area contributed by atoms with Gasteiger partial charge in [-0.05, 0) is 38.8 Å². The monoisotopic (exact) mass is 303 g/mol. The zero-order chi connectivity index (χ0) is 13.1. The van der Waals surface area contributed by atoms with Gasteiger partial charge in [0.25, 0.3) is 0 Å². The maximum absolute atomic E-state index is 13.7. The number of hydrogen-bond donors (Lipinski definition) is 1. The van der Waals surface area contributed by atoms with E-state index in [1.54, 1.807) is 19.2 Å². The maximum Gasteiger partial charge on any atom is 0.129 e. The highest BCUT2D eigenvalue weighted by Crippen LogP contribution is 2.29. The first-order valence-corrected chi connectivity index (χ1v) is 6.41. The molecule has 1 atom stereocenters. The van der Waals surface area contributed by atoms with Crippen LogP contribution in [0.1, 0.15) is 38.3 Å². The molecule has 1 aromatic carbocycles. The Morgan fingerprint density at radius 3 is 2.65 bits per heavy atom. The largest absolute Gasteiger partial charge is 0.379 e. The second kappa shape index (κ2) is 5.94. The molecule has 2 N–H and O–H groups in total. The van der Waals surface area contributed by atoms with E-state index >= 15 is 0 Å². The van der Waals surface area contributed by atoms with Crippen molar-refractivity contribution in [3.8, 4) is 0 Å². The molecule has 96 valence electrons. The zero-order valence-electron chi connectivity index (χ0n) is 10.5. The van der Waals surface area contributed by atoms with Crippen LogP contribution in [0.3, 0.4) is 0 Å². The molecule has 4 heteroatoms. The summed E-state index contributed by atoms with van der Waals surface area (Å²) in [6, 6.07) is 4.58. The van der Waals surface area contributed by atoms with Crippen molar-refractivity contribution in [1.82, 2.24) is 0 Å². The van der Waals surface area contributed by atoms with E-state index in [0.717, 1.165) is 10.9 Å². The van der Waals surface area contributed by atoms with Gasteiger partial charge in [0.1, 0.15) is 5.82 Å². The molecule has 0 saturated heterocycles. The van der Waals surface area contributed by atoms with Crippen LogP contribution in [-0.2, 0) is 4.74 Å². The van der Waals surface area contributed by atoms with Crippen LogP contribution in [0.4, 0.5) is 4.39 Å². The lowest BCUT2D eigenvalue weighted by Gasteiger charge is -2.25. The summed E-state index contributed by atoms with van der Waals surface area (Å²) in [6.07, 6.45) is 1.46. The predicted molar refractivity (Wildman–Crippen MR) is 71.4 cm³/mol. The van der Waals surface area contributed by atoms with Gasteiger partial charge < -0.3 is 10.5 Å². The fourth-order valence-electron chi connectivity index (χ4n) is 1.61. The SMILES string of the molecule is COC(C)(C)CCC(N)c1c(F)cccc1Br. The van der Waals surface area contributed by atoms with Crippen LogP contribution >= 0.6 is 15.9 Å². The van der Waals surface area contributed by atoms with Gasteiger partial charge in [-0.1, -0.05) is 22.0 Å². The van der Waals surface area contributed by atoms with Gasteiger partial charge in [-0.3, -0.25) is 0 Å². The Balaban J connectivity index is 2.74. The smallest absolute Gasteiger partial charge is 0.129 e. The minimum atomic E-state index is -0.319. The molecular weight excluding hydrogens is 285 g/mol.